The Balaban J connectivity index is 2.48. The number of nitrogens with zero attached hydrogens (tertiary/aromatic N) is 1. The van der Waals surface area contributed by atoms with E-state index in [1.54, 1.807) is 12.3 Å². The molecule has 0 aliphatic carbocycles. The van der Waals surface area contributed by atoms with Crippen LogP contribution >= 0.6 is 0 Å². The number of anilines is 1. The number of hydrogen-bond donors (Lipinski definition) is 1. The first kappa shape index (κ1) is 14.3. The fraction of sp³-hybridized carbons (Fsp3) is 0.235. The number of aryl methyl sites for hydroxylation is 1. The van der Waals surface area contributed by atoms with Crippen molar-refractivity contribution >= 4 is 11.8 Å². The third-order valence-corrected chi connectivity index (χ3v) is 3.42. The lowest BCUT2D eigenvalue weighted by Gasteiger charge is -2.07. The summed E-state index contributed by atoms with van der Waals surface area (Å²) < 4.78 is 13.6. The minimum Gasteiger partial charge on any atom is -0.396 e. The van der Waals surface area contributed by atoms with E-state index >= 15 is 0 Å². The first-order valence-electron chi connectivity index (χ1n) is 6.70. The van der Waals surface area contributed by atoms with Crippen molar-refractivity contribution in [2.45, 2.75) is 27.2 Å². The number of nitrogen functional groups attached to an aromatic ring is 1. The molecule has 0 aliphatic rings. The Bertz CT molecular complexity index is 660. The van der Waals surface area contributed by atoms with Crippen molar-refractivity contribution < 1.29 is 4.39 Å². The molecule has 0 aliphatic heterocycles. The van der Waals surface area contributed by atoms with Gasteiger partial charge in [-0.25, -0.2) is 4.39 Å². The van der Waals surface area contributed by atoms with Crippen LogP contribution in [0.1, 0.15) is 31.5 Å². The van der Waals surface area contributed by atoms with Crippen LogP contribution in [0.4, 0.5) is 10.1 Å². The predicted molar refractivity (Wildman–Crippen MR) is 82.7 cm³/mol. The fourth-order valence-electron chi connectivity index (χ4n) is 1.93. The van der Waals surface area contributed by atoms with E-state index in [2.05, 4.69) is 24.9 Å². The highest BCUT2D eigenvalue weighted by atomic mass is 19.1. The molecule has 20 heavy (non-hydrogen) atoms. The zero-order chi connectivity index (χ0) is 14.7. The van der Waals surface area contributed by atoms with Gasteiger partial charge in [0.15, 0.2) is 0 Å². The summed E-state index contributed by atoms with van der Waals surface area (Å²) >= 11 is 0. The van der Waals surface area contributed by atoms with Gasteiger partial charge in [0.05, 0.1) is 5.69 Å². The van der Waals surface area contributed by atoms with E-state index in [-0.39, 0.29) is 5.69 Å². The van der Waals surface area contributed by atoms with Crippen molar-refractivity contribution in [1.29, 1.82) is 0 Å². The molecule has 0 saturated heterocycles. The van der Waals surface area contributed by atoms with Crippen molar-refractivity contribution in [2.24, 2.45) is 0 Å². The number of benzene rings is 1. The van der Waals surface area contributed by atoms with Crippen molar-refractivity contribution in [3.63, 3.8) is 0 Å². The van der Waals surface area contributed by atoms with Crippen LogP contribution in [0.15, 0.2) is 36.0 Å². The second-order valence-corrected chi connectivity index (χ2v) is 4.98. The quantitative estimate of drug-likeness (QED) is 0.828. The number of hydrogen-bond acceptors (Lipinski definition) is 2. The van der Waals surface area contributed by atoms with Crippen LogP contribution < -0.4 is 5.73 Å². The van der Waals surface area contributed by atoms with E-state index in [1.165, 1.54) is 11.6 Å². The Kier molecular flexibility index (Phi) is 4.18. The van der Waals surface area contributed by atoms with Gasteiger partial charge in [0, 0.05) is 17.5 Å². The van der Waals surface area contributed by atoms with Gasteiger partial charge < -0.3 is 5.73 Å². The summed E-state index contributed by atoms with van der Waals surface area (Å²) in [4.78, 5) is 4.40. The molecule has 0 radical (unpaired) electrons. The minimum absolute atomic E-state index is 0.163. The second-order valence-electron chi connectivity index (χ2n) is 4.98. The highest BCUT2D eigenvalue weighted by Crippen LogP contribution is 2.25. The third-order valence-electron chi connectivity index (χ3n) is 3.42. The van der Waals surface area contributed by atoms with Crippen molar-refractivity contribution in [2.75, 3.05) is 5.73 Å². The van der Waals surface area contributed by atoms with E-state index in [0.717, 1.165) is 28.8 Å². The van der Waals surface area contributed by atoms with Gasteiger partial charge in [-0.15, -0.1) is 0 Å². The number of rotatable bonds is 3. The molecule has 0 fully saturated rings. The summed E-state index contributed by atoms with van der Waals surface area (Å²) in [6.45, 7) is 6.19. The smallest absolute Gasteiger partial charge is 0.146 e. The van der Waals surface area contributed by atoms with Gasteiger partial charge in [-0.1, -0.05) is 24.6 Å². The Morgan fingerprint density at radius 3 is 2.70 bits per heavy atom. The van der Waals surface area contributed by atoms with Crippen LogP contribution in [-0.2, 0) is 0 Å². The van der Waals surface area contributed by atoms with Crippen LogP contribution in [0.2, 0.25) is 0 Å². The topological polar surface area (TPSA) is 38.9 Å². The largest absolute Gasteiger partial charge is 0.396 e. The van der Waals surface area contributed by atoms with E-state index in [0.29, 0.717) is 0 Å². The van der Waals surface area contributed by atoms with Gasteiger partial charge in [-0.05, 0) is 49.6 Å². The van der Waals surface area contributed by atoms with Crippen LogP contribution in [0.5, 0.6) is 0 Å². The van der Waals surface area contributed by atoms with Crippen LogP contribution in [0.3, 0.4) is 0 Å². The molecule has 2 rings (SSSR count). The number of halogens is 1. The molecule has 2 aromatic rings. The molecular formula is C17H19FN2. The number of pyridine rings is 1. The van der Waals surface area contributed by atoms with E-state index in [1.807, 2.05) is 19.1 Å². The second kappa shape index (κ2) is 5.87. The van der Waals surface area contributed by atoms with E-state index in [9.17, 15) is 4.39 Å². The van der Waals surface area contributed by atoms with Gasteiger partial charge in [0.2, 0.25) is 0 Å². The Hall–Kier alpha value is -2.16. The van der Waals surface area contributed by atoms with Crippen molar-refractivity contribution in [1.82, 2.24) is 4.98 Å². The zero-order valence-corrected chi connectivity index (χ0v) is 12.1. The van der Waals surface area contributed by atoms with Gasteiger partial charge >= 0.3 is 0 Å². The van der Waals surface area contributed by atoms with Gasteiger partial charge in [-0.2, -0.15) is 0 Å². The standard InChI is InChI=1S/C17H19FN2/c1-4-11(2)7-14-8-15(10-20-12(14)3)13-5-6-17(19)16(18)9-13/h5-10H,4,19H2,1-3H3/b11-7-. The molecule has 3 heteroatoms. The average Bonchev–Trinajstić information content (AvgIpc) is 2.44. The first-order chi connectivity index (χ1) is 9.51. The molecular weight excluding hydrogens is 251 g/mol. The summed E-state index contributed by atoms with van der Waals surface area (Å²) in [7, 11) is 0. The molecule has 2 N–H and O–H groups in total. The minimum atomic E-state index is -0.398. The summed E-state index contributed by atoms with van der Waals surface area (Å²) in [5, 5.41) is 0. The molecule has 1 aromatic carbocycles. The molecule has 0 atom stereocenters. The van der Waals surface area contributed by atoms with E-state index in [4.69, 9.17) is 5.73 Å². The van der Waals surface area contributed by atoms with Crippen molar-refractivity contribution in [3.8, 4) is 11.1 Å². The maximum Gasteiger partial charge on any atom is 0.146 e. The average molecular weight is 270 g/mol. The number of nitrogens with two attached hydrogens (primary N) is 1. The number of allylic oxidation sites excluding steroid dienone is 1. The molecule has 0 spiro atoms. The van der Waals surface area contributed by atoms with Gasteiger partial charge in [-0.3, -0.25) is 4.98 Å². The summed E-state index contributed by atoms with van der Waals surface area (Å²) in [6.07, 6.45) is 4.89. The summed E-state index contributed by atoms with van der Waals surface area (Å²) in [6, 6.07) is 6.87. The Morgan fingerprint density at radius 2 is 2.05 bits per heavy atom. The highest BCUT2D eigenvalue weighted by Gasteiger charge is 2.05. The monoisotopic (exact) mass is 270 g/mol. The maximum atomic E-state index is 13.6. The van der Waals surface area contributed by atoms with Crippen LogP contribution in [-0.4, -0.2) is 4.98 Å². The zero-order valence-electron chi connectivity index (χ0n) is 12.1. The number of aromatic nitrogens is 1. The Labute approximate surface area is 119 Å². The predicted octanol–water partition coefficient (Wildman–Crippen LogP) is 4.59. The Morgan fingerprint density at radius 1 is 1.30 bits per heavy atom. The van der Waals surface area contributed by atoms with E-state index < -0.39 is 5.82 Å². The lowest BCUT2D eigenvalue weighted by molar-refractivity contribution is 0.633. The molecule has 0 amide bonds. The molecule has 1 heterocycles. The normalized spacial score (nSPS) is 11.7. The summed E-state index contributed by atoms with van der Waals surface area (Å²) in [5.74, 6) is -0.398. The van der Waals surface area contributed by atoms with Crippen LogP contribution in [0.25, 0.3) is 17.2 Å². The molecule has 0 saturated carbocycles. The first-order valence-corrected chi connectivity index (χ1v) is 6.70. The molecule has 104 valence electrons. The highest BCUT2D eigenvalue weighted by molar-refractivity contribution is 5.69. The summed E-state index contributed by atoms with van der Waals surface area (Å²) in [5.41, 5.74) is 10.7. The molecule has 1 aromatic heterocycles. The molecule has 0 unspecified atom stereocenters. The molecule has 0 bridgehead atoms. The maximum absolute atomic E-state index is 13.6. The van der Waals surface area contributed by atoms with Crippen LogP contribution in [0, 0.1) is 12.7 Å². The molecule has 2 nitrogen and oxygen atoms in total. The fourth-order valence-corrected chi connectivity index (χ4v) is 1.93. The lowest BCUT2D eigenvalue weighted by Crippen LogP contribution is -1.93. The van der Waals surface area contributed by atoms with Gasteiger partial charge in [0.25, 0.3) is 0 Å². The lowest BCUT2D eigenvalue weighted by atomic mass is 10.0. The van der Waals surface area contributed by atoms with Gasteiger partial charge in [0.1, 0.15) is 5.82 Å². The third kappa shape index (κ3) is 3.05. The van der Waals surface area contributed by atoms with Crippen molar-refractivity contribution in [3.05, 3.63) is 53.1 Å². The SMILES string of the molecule is CC/C(C)=C\c1cc(-c2ccc(N)c(F)c2)cnc1C.